The zero-order valence-corrected chi connectivity index (χ0v) is 18.2. The van der Waals surface area contributed by atoms with Crippen molar-refractivity contribution in [1.82, 2.24) is 0 Å². The summed E-state index contributed by atoms with van der Waals surface area (Å²) in [5.41, 5.74) is 3.44. The Balaban J connectivity index is 1.49. The smallest absolute Gasteiger partial charge is 0.132 e. The predicted octanol–water partition coefficient (Wildman–Crippen LogP) is 1.39. The Hall–Kier alpha value is -2.00. The number of hydrogen-bond acceptors (Lipinski definition) is 7. The van der Waals surface area contributed by atoms with Crippen LogP contribution in [0.15, 0.2) is 42.5 Å². The van der Waals surface area contributed by atoms with Crippen molar-refractivity contribution >= 4 is 0 Å². The normalized spacial score (nSPS) is 29.4. The standard InChI is InChI=1S/C25H32O7/c1-15-3-6-17(24-23(30)22(29)21(28)20(13-26)31-24)12-18(15)11-16-4-7-19(8-5-16)32-25(14-27)9-2-10-25/h3-8,12,20-24,26-30H,2,9-11,13-14H2,1H3/t20-,21-,22+,23-,24+/m1/s1. The summed E-state index contributed by atoms with van der Waals surface area (Å²) in [5.74, 6) is 0.745. The summed E-state index contributed by atoms with van der Waals surface area (Å²) in [5, 5.41) is 49.6. The van der Waals surface area contributed by atoms with Gasteiger partial charge in [-0.1, -0.05) is 30.3 Å². The van der Waals surface area contributed by atoms with E-state index in [2.05, 4.69) is 0 Å². The van der Waals surface area contributed by atoms with E-state index in [1.54, 1.807) is 0 Å². The number of benzene rings is 2. The summed E-state index contributed by atoms with van der Waals surface area (Å²) in [6, 6.07) is 13.5. The molecule has 0 aromatic heterocycles. The van der Waals surface area contributed by atoms with Gasteiger partial charge in [-0.05, 0) is 67.0 Å². The first-order chi connectivity index (χ1) is 15.4. The molecule has 32 heavy (non-hydrogen) atoms. The molecule has 2 aliphatic rings. The number of aryl methyl sites for hydroxylation is 1. The van der Waals surface area contributed by atoms with E-state index in [0.717, 1.165) is 41.7 Å². The van der Waals surface area contributed by atoms with Gasteiger partial charge in [-0.2, -0.15) is 0 Å². The van der Waals surface area contributed by atoms with Gasteiger partial charge in [-0.15, -0.1) is 0 Å². The molecule has 0 bridgehead atoms. The van der Waals surface area contributed by atoms with Crippen LogP contribution in [0.2, 0.25) is 0 Å². The molecule has 7 heteroatoms. The Morgan fingerprint density at radius 2 is 1.69 bits per heavy atom. The lowest BCUT2D eigenvalue weighted by atomic mass is 9.80. The van der Waals surface area contributed by atoms with Crippen LogP contribution in [-0.2, 0) is 11.2 Å². The molecule has 1 saturated heterocycles. The maximum absolute atomic E-state index is 10.4. The zero-order valence-electron chi connectivity index (χ0n) is 18.2. The third-order valence-corrected chi connectivity index (χ3v) is 6.80. The third-order valence-electron chi connectivity index (χ3n) is 6.80. The fraction of sp³-hybridized carbons (Fsp3) is 0.520. The Labute approximate surface area is 187 Å². The summed E-state index contributed by atoms with van der Waals surface area (Å²) in [6.07, 6.45) is -2.39. The molecular formula is C25H32O7. The minimum Gasteiger partial charge on any atom is -0.485 e. The minimum absolute atomic E-state index is 0.0265. The average Bonchev–Trinajstić information content (AvgIpc) is 2.78. The number of aliphatic hydroxyl groups excluding tert-OH is 5. The quantitative estimate of drug-likeness (QED) is 0.438. The topological polar surface area (TPSA) is 120 Å². The molecule has 4 rings (SSSR count). The molecule has 0 amide bonds. The van der Waals surface area contributed by atoms with Gasteiger partial charge < -0.3 is 35.0 Å². The van der Waals surface area contributed by atoms with E-state index in [1.165, 1.54) is 0 Å². The summed E-state index contributed by atoms with van der Waals surface area (Å²) in [7, 11) is 0. The average molecular weight is 445 g/mol. The lowest BCUT2D eigenvalue weighted by molar-refractivity contribution is -0.231. The fourth-order valence-corrected chi connectivity index (χ4v) is 4.44. The highest BCUT2D eigenvalue weighted by atomic mass is 16.5. The Kier molecular flexibility index (Phi) is 6.86. The van der Waals surface area contributed by atoms with Crippen molar-refractivity contribution in [2.24, 2.45) is 0 Å². The van der Waals surface area contributed by atoms with Crippen molar-refractivity contribution in [3.8, 4) is 5.75 Å². The summed E-state index contributed by atoms with van der Waals surface area (Å²) >= 11 is 0. The van der Waals surface area contributed by atoms with E-state index in [1.807, 2.05) is 49.4 Å². The van der Waals surface area contributed by atoms with Gasteiger partial charge in [-0.25, -0.2) is 0 Å². The molecular weight excluding hydrogens is 412 g/mol. The first-order valence-corrected chi connectivity index (χ1v) is 11.1. The SMILES string of the molecule is Cc1ccc([C@@H]2O[C@H](CO)[C@@H](O)[C@H](O)[C@H]2O)cc1Cc1ccc(OC2(CO)CCC2)cc1. The van der Waals surface area contributed by atoms with Crippen molar-refractivity contribution < 1.29 is 35.0 Å². The van der Waals surface area contributed by atoms with Crippen molar-refractivity contribution in [3.63, 3.8) is 0 Å². The van der Waals surface area contributed by atoms with E-state index in [4.69, 9.17) is 9.47 Å². The summed E-state index contributed by atoms with van der Waals surface area (Å²) < 4.78 is 11.7. The minimum atomic E-state index is -1.40. The zero-order chi connectivity index (χ0) is 22.9. The van der Waals surface area contributed by atoms with Gasteiger partial charge in [0.15, 0.2) is 0 Å². The maximum atomic E-state index is 10.4. The molecule has 0 spiro atoms. The molecule has 1 heterocycles. The van der Waals surface area contributed by atoms with Gasteiger partial charge in [0, 0.05) is 0 Å². The number of hydrogen-bond donors (Lipinski definition) is 5. The highest BCUT2D eigenvalue weighted by molar-refractivity contribution is 5.38. The van der Waals surface area contributed by atoms with Crippen LogP contribution in [0, 0.1) is 6.92 Å². The molecule has 174 valence electrons. The first kappa shape index (κ1) is 23.2. The van der Waals surface area contributed by atoms with Gasteiger partial charge in [0.1, 0.15) is 41.9 Å². The Bertz CT molecular complexity index is 901. The lowest BCUT2D eigenvalue weighted by Crippen LogP contribution is -2.55. The van der Waals surface area contributed by atoms with Crippen LogP contribution in [0.1, 0.15) is 47.6 Å². The molecule has 0 unspecified atom stereocenters. The van der Waals surface area contributed by atoms with Crippen molar-refractivity contribution in [1.29, 1.82) is 0 Å². The Morgan fingerprint density at radius 3 is 2.28 bits per heavy atom. The van der Waals surface area contributed by atoms with E-state index in [-0.39, 0.29) is 6.61 Å². The van der Waals surface area contributed by atoms with E-state index >= 15 is 0 Å². The number of ether oxygens (including phenoxy) is 2. The number of aliphatic hydroxyl groups is 5. The first-order valence-electron chi connectivity index (χ1n) is 11.1. The van der Waals surface area contributed by atoms with Crippen LogP contribution in [0.5, 0.6) is 5.75 Å². The second-order valence-electron chi connectivity index (χ2n) is 9.05. The van der Waals surface area contributed by atoms with Gasteiger partial charge in [-0.3, -0.25) is 0 Å². The monoisotopic (exact) mass is 444 g/mol. The van der Waals surface area contributed by atoms with Gasteiger partial charge in [0.25, 0.3) is 0 Å². The molecule has 2 aromatic rings. The van der Waals surface area contributed by atoms with Gasteiger partial charge >= 0.3 is 0 Å². The highest BCUT2D eigenvalue weighted by Gasteiger charge is 2.44. The van der Waals surface area contributed by atoms with Crippen molar-refractivity contribution in [2.45, 2.75) is 68.7 Å². The van der Waals surface area contributed by atoms with Crippen LogP contribution in [0.25, 0.3) is 0 Å². The van der Waals surface area contributed by atoms with E-state index in [9.17, 15) is 25.5 Å². The molecule has 2 fully saturated rings. The lowest BCUT2D eigenvalue weighted by Gasteiger charge is -2.40. The molecule has 1 aliphatic heterocycles. The van der Waals surface area contributed by atoms with Gasteiger partial charge in [0.2, 0.25) is 0 Å². The largest absolute Gasteiger partial charge is 0.485 e. The van der Waals surface area contributed by atoms with E-state index in [0.29, 0.717) is 12.0 Å². The summed E-state index contributed by atoms with van der Waals surface area (Å²) in [6.45, 7) is 1.58. The van der Waals surface area contributed by atoms with Crippen LogP contribution in [0.3, 0.4) is 0 Å². The molecule has 1 aliphatic carbocycles. The Morgan fingerprint density at radius 1 is 0.969 bits per heavy atom. The van der Waals surface area contributed by atoms with Gasteiger partial charge in [0.05, 0.1) is 13.2 Å². The number of rotatable bonds is 7. The molecule has 5 atom stereocenters. The third kappa shape index (κ3) is 4.55. The maximum Gasteiger partial charge on any atom is 0.132 e. The molecule has 7 nitrogen and oxygen atoms in total. The van der Waals surface area contributed by atoms with Crippen molar-refractivity contribution in [3.05, 3.63) is 64.7 Å². The summed E-state index contributed by atoms with van der Waals surface area (Å²) in [4.78, 5) is 0. The molecule has 1 saturated carbocycles. The van der Waals surface area contributed by atoms with Crippen LogP contribution in [-0.4, -0.2) is 68.8 Å². The van der Waals surface area contributed by atoms with Crippen LogP contribution >= 0.6 is 0 Å². The second kappa shape index (κ2) is 9.47. The molecule has 5 N–H and O–H groups in total. The fourth-order valence-electron chi connectivity index (χ4n) is 4.44. The highest BCUT2D eigenvalue weighted by Crippen LogP contribution is 2.37. The molecule has 2 aromatic carbocycles. The van der Waals surface area contributed by atoms with Crippen molar-refractivity contribution in [2.75, 3.05) is 13.2 Å². The van der Waals surface area contributed by atoms with Crippen LogP contribution < -0.4 is 4.74 Å². The van der Waals surface area contributed by atoms with Crippen LogP contribution in [0.4, 0.5) is 0 Å². The second-order valence-corrected chi connectivity index (χ2v) is 9.05. The van der Waals surface area contributed by atoms with E-state index < -0.39 is 42.7 Å². The predicted molar refractivity (Wildman–Crippen MR) is 117 cm³/mol. The molecule has 0 radical (unpaired) electrons.